The molecule has 0 saturated carbocycles. The molecule has 0 aliphatic carbocycles. The molecule has 0 unspecified atom stereocenters. The molecule has 148 valence electrons. The molecule has 0 aliphatic heterocycles. The minimum Gasteiger partial charge on any atom is -0.478 e. The van der Waals surface area contributed by atoms with Crippen LogP contribution in [0, 0.1) is 0 Å². The first kappa shape index (κ1) is 19.6. The fourth-order valence-corrected chi connectivity index (χ4v) is 2.41. The molecule has 0 radical (unpaired) electrons. The van der Waals surface area contributed by atoms with Gasteiger partial charge in [-0.1, -0.05) is 0 Å². The molecule has 0 atom stereocenters. The Morgan fingerprint density at radius 3 is 2.59 bits per heavy atom. The number of nitrogens with zero attached hydrogens (tertiary/aromatic N) is 6. The Morgan fingerprint density at radius 1 is 1.24 bits per heavy atom. The first-order valence-electron chi connectivity index (χ1n) is 8.39. The predicted octanol–water partition coefficient (Wildman–Crippen LogP) is 0.796. The number of aromatic amines is 1. The van der Waals surface area contributed by atoms with Crippen LogP contribution in [0.2, 0.25) is 0 Å². The number of fused-ring (bicyclic) bond motifs is 1. The van der Waals surface area contributed by atoms with Crippen LogP contribution in [0.5, 0.6) is 0 Å². The van der Waals surface area contributed by atoms with Gasteiger partial charge in [-0.15, -0.1) is 0 Å². The Bertz CT molecular complexity index is 1140. The van der Waals surface area contributed by atoms with Gasteiger partial charge >= 0.3 is 5.97 Å². The van der Waals surface area contributed by atoms with Gasteiger partial charge in [0.15, 0.2) is 11.2 Å². The second kappa shape index (κ2) is 8.25. The van der Waals surface area contributed by atoms with Crippen molar-refractivity contribution < 1.29 is 14.7 Å². The van der Waals surface area contributed by atoms with E-state index in [9.17, 15) is 14.4 Å². The summed E-state index contributed by atoms with van der Waals surface area (Å²) >= 11 is 0. The summed E-state index contributed by atoms with van der Waals surface area (Å²) < 4.78 is 0. The SMILES string of the molecule is CN(C)/C=N/c1nc2ncc(CN(C=O)c3ccc(C(=O)O)cc3)nc2c(=O)[nH]1. The van der Waals surface area contributed by atoms with E-state index in [2.05, 4.69) is 24.9 Å². The van der Waals surface area contributed by atoms with Gasteiger partial charge in [0, 0.05) is 19.8 Å². The van der Waals surface area contributed by atoms with Gasteiger partial charge in [0.25, 0.3) is 5.56 Å². The van der Waals surface area contributed by atoms with Crippen molar-refractivity contribution in [1.29, 1.82) is 0 Å². The third-order valence-electron chi connectivity index (χ3n) is 3.77. The largest absolute Gasteiger partial charge is 0.478 e. The number of nitrogens with one attached hydrogen (secondary N) is 1. The van der Waals surface area contributed by atoms with Crippen molar-refractivity contribution in [3.05, 3.63) is 52.1 Å². The molecule has 1 amide bonds. The Labute approximate surface area is 164 Å². The molecule has 3 aromatic rings. The molecule has 2 aromatic heterocycles. The summed E-state index contributed by atoms with van der Waals surface area (Å²) in [4.78, 5) is 56.8. The molecule has 0 aliphatic rings. The van der Waals surface area contributed by atoms with Crippen LogP contribution in [0.3, 0.4) is 0 Å². The van der Waals surface area contributed by atoms with Crippen LogP contribution in [0.25, 0.3) is 11.2 Å². The lowest BCUT2D eigenvalue weighted by Crippen LogP contribution is -2.22. The number of aromatic carboxylic acids is 1. The molecule has 29 heavy (non-hydrogen) atoms. The number of hydrogen-bond donors (Lipinski definition) is 2. The van der Waals surface area contributed by atoms with Crippen molar-refractivity contribution in [1.82, 2.24) is 24.8 Å². The standard InChI is InChI=1S/C18H17N7O4/c1-24(2)9-20-18-22-15-14(16(27)23-18)21-12(7-19-15)8-25(10-26)13-5-3-11(4-6-13)17(28)29/h3-7,9-10H,8H2,1-2H3,(H,28,29)(H,19,22,23,27)/b20-9+. The number of carbonyl (C=O) groups is 2. The van der Waals surface area contributed by atoms with Crippen molar-refractivity contribution in [2.75, 3.05) is 19.0 Å². The number of carbonyl (C=O) groups excluding carboxylic acids is 1. The Balaban J connectivity index is 1.88. The summed E-state index contributed by atoms with van der Waals surface area (Å²) in [6.45, 7) is 0.0405. The molecule has 3 rings (SSSR count). The van der Waals surface area contributed by atoms with E-state index in [0.29, 0.717) is 17.8 Å². The number of aliphatic imine (C=N–C) groups is 1. The van der Waals surface area contributed by atoms with Crippen molar-refractivity contribution >= 4 is 41.5 Å². The number of aromatic nitrogens is 4. The highest BCUT2D eigenvalue weighted by Crippen LogP contribution is 2.17. The monoisotopic (exact) mass is 395 g/mol. The molecular formula is C18H17N7O4. The normalized spacial score (nSPS) is 11.0. The van der Waals surface area contributed by atoms with E-state index in [0.717, 1.165) is 0 Å². The maximum absolute atomic E-state index is 12.3. The van der Waals surface area contributed by atoms with E-state index in [4.69, 9.17) is 5.11 Å². The zero-order chi connectivity index (χ0) is 21.0. The molecule has 0 saturated heterocycles. The molecule has 1 aromatic carbocycles. The third kappa shape index (κ3) is 4.58. The molecular weight excluding hydrogens is 378 g/mol. The van der Waals surface area contributed by atoms with Crippen LogP contribution in [0.1, 0.15) is 16.1 Å². The van der Waals surface area contributed by atoms with Crippen LogP contribution >= 0.6 is 0 Å². The molecule has 2 heterocycles. The Morgan fingerprint density at radius 2 is 1.97 bits per heavy atom. The molecule has 0 fully saturated rings. The lowest BCUT2D eigenvalue weighted by atomic mass is 10.2. The van der Waals surface area contributed by atoms with Gasteiger partial charge < -0.3 is 14.9 Å². The quantitative estimate of drug-likeness (QED) is 0.339. The fraction of sp³-hybridized carbons (Fsp3) is 0.167. The molecule has 0 spiro atoms. The number of amides is 1. The average molecular weight is 395 g/mol. The number of rotatable bonds is 7. The maximum atomic E-state index is 12.3. The predicted molar refractivity (Wildman–Crippen MR) is 105 cm³/mol. The van der Waals surface area contributed by atoms with Crippen molar-refractivity contribution in [3.8, 4) is 0 Å². The minimum absolute atomic E-state index is 0.0263. The second-order valence-corrected chi connectivity index (χ2v) is 6.22. The summed E-state index contributed by atoms with van der Waals surface area (Å²) in [5, 5.41) is 8.96. The zero-order valence-corrected chi connectivity index (χ0v) is 15.6. The van der Waals surface area contributed by atoms with Gasteiger partial charge in [0.1, 0.15) is 0 Å². The highest BCUT2D eigenvalue weighted by molar-refractivity contribution is 5.88. The van der Waals surface area contributed by atoms with Crippen LogP contribution in [0.15, 0.2) is 40.2 Å². The van der Waals surface area contributed by atoms with E-state index in [1.54, 1.807) is 19.0 Å². The van der Waals surface area contributed by atoms with E-state index in [-0.39, 0.29) is 29.2 Å². The molecule has 0 bridgehead atoms. The van der Waals surface area contributed by atoms with Crippen molar-refractivity contribution in [3.63, 3.8) is 0 Å². The third-order valence-corrected chi connectivity index (χ3v) is 3.77. The number of hydrogen-bond acceptors (Lipinski definition) is 7. The fourth-order valence-electron chi connectivity index (χ4n) is 2.41. The van der Waals surface area contributed by atoms with Crippen LogP contribution in [-0.2, 0) is 11.3 Å². The van der Waals surface area contributed by atoms with E-state index in [1.807, 2.05) is 0 Å². The summed E-state index contributed by atoms with van der Waals surface area (Å²) in [7, 11) is 3.56. The van der Waals surface area contributed by atoms with E-state index >= 15 is 0 Å². The topological polar surface area (TPSA) is 145 Å². The summed E-state index contributed by atoms with van der Waals surface area (Å²) in [5.41, 5.74) is 0.607. The molecule has 2 N–H and O–H groups in total. The van der Waals surface area contributed by atoms with Gasteiger partial charge in [0.2, 0.25) is 12.4 Å². The van der Waals surface area contributed by atoms with Gasteiger partial charge in [-0.3, -0.25) is 14.6 Å². The minimum atomic E-state index is -1.06. The number of benzene rings is 1. The van der Waals surface area contributed by atoms with E-state index < -0.39 is 11.5 Å². The first-order valence-corrected chi connectivity index (χ1v) is 8.39. The van der Waals surface area contributed by atoms with Crippen LogP contribution < -0.4 is 10.5 Å². The first-order chi connectivity index (χ1) is 13.9. The van der Waals surface area contributed by atoms with Crippen LogP contribution in [0.4, 0.5) is 11.6 Å². The lowest BCUT2D eigenvalue weighted by Gasteiger charge is -2.17. The van der Waals surface area contributed by atoms with Gasteiger partial charge in [-0.25, -0.2) is 19.8 Å². The summed E-state index contributed by atoms with van der Waals surface area (Å²) in [6.07, 6.45) is 3.49. The van der Waals surface area contributed by atoms with Gasteiger partial charge in [0.05, 0.1) is 30.3 Å². The Hall–Kier alpha value is -4.15. The molecule has 11 heteroatoms. The second-order valence-electron chi connectivity index (χ2n) is 6.22. The van der Waals surface area contributed by atoms with E-state index in [1.165, 1.54) is 41.7 Å². The smallest absolute Gasteiger partial charge is 0.335 e. The average Bonchev–Trinajstić information content (AvgIpc) is 2.71. The van der Waals surface area contributed by atoms with Crippen LogP contribution in [-0.4, -0.2) is 62.8 Å². The summed E-state index contributed by atoms with van der Waals surface area (Å²) in [5.74, 6) is -0.957. The number of H-pyrrole nitrogens is 1. The number of carboxylic acids is 1. The lowest BCUT2D eigenvalue weighted by molar-refractivity contribution is -0.107. The van der Waals surface area contributed by atoms with Crippen molar-refractivity contribution in [2.45, 2.75) is 6.54 Å². The highest BCUT2D eigenvalue weighted by Gasteiger charge is 2.12. The maximum Gasteiger partial charge on any atom is 0.335 e. The Kier molecular flexibility index (Phi) is 5.58. The van der Waals surface area contributed by atoms with Gasteiger partial charge in [-0.2, -0.15) is 4.98 Å². The summed E-state index contributed by atoms with van der Waals surface area (Å²) in [6, 6.07) is 5.81. The number of anilines is 1. The zero-order valence-electron chi connectivity index (χ0n) is 15.6. The van der Waals surface area contributed by atoms with Gasteiger partial charge in [-0.05, 0) is 24.3 Å². The highest BCUT2D eigenvalue weighted by atomic mass is 16.4. The molecule has 11 nitrogen and oxygen atoms in total. The number of carboxylic acid groups (broad SMARTS) is 1. The van der Waals surface area contributed by atoms with Crippen molar-refractivity contribution in [2.24, 2.45) is 4.99 Å².